The Morgan fingerprint density at radius 1 is 1.11 bits per heavy atom. The van der Waals surface area contributed by atoms with E-state index in [1.807, 2.05) is 17.5 Å². The zero-order valence-corrected chi connectivity index (χ0v) is 20.3. The molecule has 0 atom stereocenters. The van der Waals surface area contributed by atoms with Gasteiger partial charge in [-0.1, -0.05) is 6.07 Å². The number of fused-ring (bicyclic) bond motifs is 2. The lowest BCUT2D eigenvalue weighted by atomic mass is 9.95. The van der Waals surface area contributed by atoms with Gasteiger partial charge in [0.15, 0.2) is 11.5 Å². The number of nitrogens with zero attached hydrogens (tertiary/aromatic N) is 4. The number of pyridine rings is 2. The van der Waals surface area contributed by atoms with Gasteiger partial charge in [-0.3, -0.25) is 9.78 Å². The molecule has 1 amide bonds. The average molecular weight is 510 g/mol. The van der Waals surface area contributed by atoms with E-state index in [0.717, 1.165) is 39.9 Å². The van der Waals surface area contributed by atoms with Crippen molar-refractivity contribution >= 4 is 39.8 Å². The molecule has 2 aliphatic rings. The number of benzene rings is 1. The average Bonchev–Trinajstić information content (AvgIpc) is 3.44. The topological polar surface area (TPSA) is 108 Å². The number of aromatic nitrogens is 4. The Balaban J connectivity index is 1.29. The number of halogens is 1. The molecule has 5 heterocycles. The summed E-state index contributed by atoms with van der Waals surface area (Å²) >= 11 is 1.64. The highest BCUT2D eigenvalue weighted by atomic mass is 32.1. The van der Waals surface area contributed by atoms with Crippen molar-refractivity contribution in [2.45, 2.75) is 19.4 Å². The van der Waals surface area contributed by atoms with Crippen LogP contribution >= 0.6 is 11.3 Å². The first kappa shape index (κ1) is 21.8. The SMILES string of the molecule is O=C(Nc1cncc(-c2cc3c(cc2F)CNN=C3c2nc3nccc(-c4cccs4)c3[nH]2)c1)C1CC1. The second-order valence-corrected chi connectivity index (χ2v) is 10.1. The van der Waals surface area contributed by atoms with Gasteiger partial charge in [0.05, 0.1) is 23.9 Å². The van der Waals surface area contributed by atoms with E-state index < -0.39 is 0 Å². The van der Waals surface area contributed by atoms with Gasteiger partial charge in [-0.05, 0) is 54.1 Å². The Morgan fingerprint density at radius 2 is 2.03 bits per heavy atom. The van der Waals surface area contributed by atoms with Gasteiger partial charge in [0.1, 0.15) is 11.5 Å². The van der Waals surface area contributed by atoms with Gasteiger partial charge in [-0.2, -0.15) is 5.10 Å². The second kappa shape index (κ2) is 8.59. The minimum absolute atomic E-state index is 0.0224. The highest BCUT2D eigenvalue weighted by Crippen LogP contribution is 2.33. The van der Waals surface area contributed by atoms with Crippen LogP contribution in [0.15, 0.2) is 65.5 Å². The first-order chi connectivity index (χ1) is 18.1. The van der Waals surface area contributed by atoms with E-state index in [4.69, 9.17) is 4.98 Å². The lowest BCUT2D eigenvalue weighted by Crippen LogP contribution is -2.22. The lowest BCUT2D eigenvalue weighted by molar-refractivity contribution is -0.117. The van der Waals surface area contributed by atoms with Crippen molar-refractivity contribution in [1.29, 1.82) is 0 Å². The number of nitrogens with one attached hydrogen (secondary N) is 3. The van der Waals surface area contributed by atoms with Crippen LogP contribution in [0.2, 0.25) is 0 Å². The number of anilines is 1. The van der Waals surface area contributed by atoms with Crippen molar-refractivity contribution in [3.8, 4) is 21.6 Å². The molecule has 0 spiro atoms. The number of amides is 1. The van der Waals surface area contributed by atoms with E-state index in [1.165, 1.54) is 6.07 Å². The van der Waals surface area contributed by atoms with Crippen molar-refractivity contribution in [3.05, 3.63) is 83.1 Å². The van der Waals surface area contributed by atoms with Crippen molar-refractivity contribution in [2.24, 2.45) is 11.0 Å². The maximum atomic E-state index is 15.3. The van der Waals surface area contributed by atoms with Gasteiger partial charge >= 0.3 is 0 Å². The number of imidazole rings is 1. The minimum atomic E-state index is -0.375. The first-order valence-corrected chi connectivity index (χ1v) is 12.8. The molecule has 4 aromatic heterocycles. The summed E-state index contributed by atoms with van der Waals surface area (Å²) in [6.45, 7) is 0.394. The predicted molar refractivity (Wildman–Crippen MR) is 141 cm³/mol. The van der Waals surface area contributed by atoms with Crippen molar-refractivity contribution < 1.29 is 9.18 Å². The minimum Gasteiger partial charge on any atom is -0.335 e. The van der Waals surface area contributed by atoms with Gasteiger partial charge < -0.3 is 15.7 Å². The van der Waals surface area contributed by atoms with E-state index in [-0.39, 0.29) is 17.6 Å². The van der Waals surface area contributed by atoms with Crippen LogP contribution in [0.4, 0.5) is 10.1 Å². The van der Waals surface area contributed by atoms with E-state index in [0.29, 0.717) is 40.5 Å². The Hall–Kier alpha value is -4.44. The van der Waals surface area contributed by atoms with Crippen LogP contribution < -0.4 is 10.7 Å². The number of rotatable bonds is 5. The van der Waals surface area contributed by atoms with Crippen LogP contribution in [0.1, 0.15) is 29.8 Å². The molecule has 1 saturated carbocycles. The first-order valence-electron chi connectivity index (χ1n) is 11.9. The second-order valence-electron chi connectivity index (χ2n) is 9.13. The molecule has 3 N–H and O–H groups in total. The molecule has 1 aliphatic carbocycles. The molecule has 182 valence electrons. The lowest BCUT2D eigenvalue weighted by Gasteiger charge is -2.18. The third kappa shape index (κ3) is 3.95. The number of aromatic amines is 1. The van der Waals surface area contributed by atoms with Gasteiger partial charge in [-0.25, -0.2) is 14.4 Å². The number of hydrazone groups is 1. The van der Waals surface area contributed by atoms with Crippen LogP contribution in [0.5, 0.6) is 0 Å². The van der Waals surface area contributed by atoms with Crippen molar-refractivity contribution in [2.75, 3.05) is 5.32 Å². The zero-order valence-electron chi connectivity index (χ0n) is 19.5. The zero-order chi connectivity index (χ0) is 24.9. The number of carbonyl (C=O) groups is 1. The van der Waals surface area contributed by atoms with E-state index in [1.54, 1.807) is 42.1 Å². The Kier molecular flexibility index (Phi) is 5.07. The normalized spacial score (nSPS) is 14.7. The fourth-order valence-corrected chi connectivity index (χ4v) is 5.31. The summed E-state index contributed by atoms with van der Waals surface area (Å²) in [7, 11) is 0. The van der Waals surface area contributed by atoms with Gasteiger partial charge in [0, 0.05) is 45.4 Å². The molecule has 1 aliphatic heterocycles. The fraction of sp³-hybridized carbons (Fsp3) is 0.148. The number of H-pyrrole nitrogens is 1. The molecule has 1 aromatic carbocycles. The van der Waals surface area contributed by atoms with E-state index in [2.05, 4.69) is 36.9 Å². The van der Waals surface area contributed by atoms with Crippen LogP contribution in [0.25, 0.3) is 32.7 Å². The highest BCUT2D eigenvalue weighted by molar-refractivity contribution is 7.13. The summed E-state index contributed by atoms with van der Waals surface area (Å²) in [4.78, 5) is 30.1. The molecular weight excluding hydrogens is 489 g/mol. The van der Waals surface area contributed by atoms with Crippen LogP contribution in [0.3, 0.4) is 0 Å². The maximum Gasteiger partial charge on any atom is 0.227 e. The maximum absolute atomic E-state index is 15.3. The van der Waals surface area contributed by atoms with Gasteiger partial charge in [0.25, 0.3) is 0 Å². The number of hydrogen-bond donors (Lipinski definition) is 3. The summed E-state index contributed by atoms with van der Waals surface area (Å²) in [6, 6.07) is 11.1. The molecule has 10 heteroatoms. The molecule has 0 unspecified atom stereocenters. The third-order valence-electron chi connectivity index (χ3n) is 6.58. The smallest absolute Gasteiger partial charge is 0.227 e. The number of carbonyl (C=O) groups excluding carboxylic acids is 1. The number of hydrogen-bond acceptors (Lipinski definition) is 7. The summed E-state index contributed by atoms with van der Waals surface area (Å²) in [5, 5.41) is 9.44. The summed E-state index contributed by atoms with van der Waals surface area (Å²) in [5.41, 5.74) is 9.00. The molecule has 0 saturated heterocycles. The van der Waals surface area contributed by atoms with E-state index >= 15 is 4.39 Å². The van der Waals surface area contributed by atoms with Crippen LogP contribution in [-0.4, -0.2) is 31.6 Å². The third-order valence-corrected chi connectivity index (χ3v) is 7.48. The summed E-state index contributed by atoms with van der Waals surface area (Å²) < 4.78 is 15.3. The molecule has 0 radical (unpaired) electrons. The Labute approximate surface area is 214 Å². The van der Waals surface area contributed by atoms with Crippen LogP contribution in [0, 0.1) is 11.7 Å². The standard InChI is InChI=1S/C27H20FN7OS/c28-21-9-16-12-31-35-24(26-33-23-18(22-2-1-7-37-22)5-6-30-25(23)34-26)20(16)10-19(21)15-8-17(13-29-11-15)32-27(36)14-3-4-14/h1-2,5-11,13-14,31H,3-4,12H2,(H,32,36)(H,30,33,34). The number of thiophene rings is 1. The summed E-state index contributed by atoms with van der Waals surface area (Å²) in [6.07, 6.45) is 6.71. The molecule has 0 bridgehead atoms. The quantitative estimate of drug-likeness (QED) is 0.306. The van der Waals surface area contributed by atoms with Crippen molar-refractivity contribution in [3.63, 3.8) is 0 Å². The largest absolute Gasteiger partial charge is 0.335 e. The van der Waals surface area contributed by atoms with Crippen molar-refractivity contribution in [1.82, 2.24) is 25.4 Å². The van der Waals surface area contributed by atoms with Crippen LogP contribution in [-0.2, 0) is 11.3 Å². The van der Waals surface area contributed by atoms with Gasteiger partial charge in [-0.15, -0.1) is 11.3 Å². The molecule has 1 fully saturated rings. The summed E-state index contributed by atoms with van der Waals surface area (Å²) in [5.74, 6) is 0.210. The highest BCUT2D eigenvalue weighted by Gasteiger charge is 2.30. The molecule has 8 nitrogen and oxygen atoms in total. The Morgan fingerprint density at radius 3 is 2.86 bits per heavy atom. The molecule has 37 heavy (non-hydrogen) atoms. The van der Waals surface area contributed by atoms with Gasteiger partial charge in [0.2, 0.25) is 5.91 Å². The van der Waals surface area contributed by atoms with E-state index in [9.17, 15) is 4.79 Å². The predicted octanol–water partition coefficient (Wildman–Crippen LogP) is 5.09. The monoisotopic (exact) mass is 509 g/mol. The molecule has 7 rings (SSSR count). The molecule has 5 aromatic rings. The Bertz CT molecular complexity index is 1710. The molecular formula is C27H20FN7OS. The fourth-order valence-electron chi connectivity index (χ4n) is 4.55.